The number of hydrogen-bond donors (Lipinski definition) is 0. The molecule has 2 fully saturated rings. The van der Waals surface area contributed by atoms with Crippen LogP contribution in [0.15, 0.2) is 12.4 Å². The summed E-state index contributed by atoms with van der Waals surface area (Å²) < 4.78 is 11.3. The molecule has 2 aliphatic rings. The molecule has 0 spiro atoms. The SMILES string of the molecule is CCOc1cncc(N2CCO[C@H]3CCCC[C@H]32)n1. The van der Waals surface area contributed by atoms with Crippen LogP contribution in [0.5, 0.6) is 5.88 Å². The van der Waals surface area contributed by atoms with Crippen molar-refractivity contribution in [1.29, 1.82) is 0 Å². The second-order valence-electron chi connectivity index (χ2n) is 5.10. The second kappa shape index (κ2) is 5.74. The van der Waals surface area contributed by atoms with E-state index in [0.29, 0.717) is 24.6 Å². The highest BCUT2D eigenvalue weighted by molar-refractivity contribution is 5.40. The molecule has 1 saturated carbocycles. The fourth-order valence-electron chi connectivity index (χ4n) is 3.08. The molecule has 0 unspecified atom stereocenters. The maximum atomic E-state index is 5.89. The first-order chi connectivity index (χ1) is 9.38. The number of morpholine rings is 1. The smallest absolute Gasteiger partial charge is 0.234 e. The van der Waals surface area contributed by atoms with Crippen LogP contribution in [0.2, 0.25) is 0 Å². The Kier molecular flexibility index (Phi) is 3.82. The third kappa shape index (κ3) is 2.66. The minimum absolute atomic E-state index is 0.361. The summed E-state index contributed by atoms with van der Waals surface area (Å²) in [5, 5.41) is 0. The van der Waals surface area contributed by atoms with Gasteiger partial charge in [-0.3, -0.25) is 4.98 Å². The number of aromatic nitrogens is 2. The number of anilines is 1. The van der Waals surface area contributed by atoms with Gasteiger partial charge in [-0.25, -0.2) is 0 Å². The first-order valence-electron chi connectivity index (χ1n) is 7.21. The molecule has 5 nitrogen and oxygen atoms in total. The molecule has 1 aromatic heterocycles. The van der Waals surface area contributed by atoms with Crippen molar-refractivity contribution in [3.8, 4) is 5.88 Å². The largest absolute Gasteiger partial charge is 0.477 e. The van der Waals surface area contributed by atoms with Crippen LogP contribution < -0.4 is 9.64 Å². The van der Waals surface area contributed by atoms with Crippen molar-refractivity contribution in [2.24, 2.45) is 0 Å². The van der Waals surface area contributed by atoms with E-state index < -0.39 is 0 Å². The van der Waals surface area contributed by atoms with Crippen LogP contribution in [0.25, 0.3) is 0 Å². The lowest BCUT2D eigenvalue weighted by molar-refractivity contribution is -0.00905. The van der Waals surface area contributed by atoms with E-state index in [2.05, 4.69) is 14.9 Å². The maximum absolute atomic E-state index is 5.89. The van der Waals surface area contributed by atoms with Crippen LogP contribution in [-0.2, 0) is 4.74 Å². The highest BCUT2D eigenvalue weighted by Crippen LogP contribution is 2.31. The molecule has 2 heterocycles. The Morgan fingerprint density at radius 2 is 2.26 bits per heavy atom. The summed E-state index contributed by atoms with van der Waals surface area (Å²) in [6.07, 6.45) is 8.77. The number of ether oxygens (including phenoxy) is 2. The van der Waals surface area contributed by atoms with Gasteiger partial charge in [0.2, 0.25) is 5.88 Å². The summed E-state index contributed by atoms with van der Waals surface area (Å²) in [7, 11) is 0. The van der Waals surface area contributed by atoms with Crippen LogP contribution in [0.1, 0.15) is 32.6 Å². The van der Waals surface area contributed by atoms with Gasteiger partial charge in [0.05, 0.1) is 37.8 Å². The summed E-state index contributed by atoms with van der Waals surface area (Å²) in [5.41, 5.74) is 0. The van der Waals surface area contributed by atoms with E-state index >= 15 is 0 Å². The molecule has 0 radical (unpaired) electrons. The molecule has 19 heavy (non-hydrogen) atoms. The summed E-state index contributed by atoms with van der Waals surface area (Å²) >= 11 is 0. The molecule has 1 aliphatic carbocycles. The van der Waals surface area contributed by atoms with Crippen LogP contribution in [0.4, 0.5) is 5.82 Å². The summed E-state index contributed by atoms with van der Waals surface area (Å²) in [4.78, 5) is 11.2. The van der Waals surface area contributed by atoms with E-state index in [1.54, 1.807) is 6.20 Å². The van der Waals surface area contributed by atoms with Crippen molar-refractivity contribution in [3.05, 3.63) is 12.4 Å². The van der Waals surface area contributed by atoms with Gasteiger partial charge in [-0.05, 0) is 19.8 Å². The van der Waals surface area contributed by atoms with Crippen molar-refractivity contribution >= 4 is 5.82 Å². The molecule has 1 aliphatic heterocycles. The van der Waals surface area contributed by atoms with Gasteiger partial charge in [-0.1, -0.05) is 12.8 Å². The van der Waals surface area contributed by atoms with Gasteiger partial charge >= 0.3 is 0 Å². The molecule has 0 amide bonds. The fraction of sp³-hybridized carbons (Fsp3) is 0.714. The Morgan fingerprint density at radius 3 is 3.16 bits per heavy atom. The third-order valence-corrected chi connectivity index (χ3v) is 3.92. The average Bonchev–Trinajstić information content (AvgIpc) is 2.47. The average molecular weight is 263 g/mol. The third-order valence-electron chi connectivity index (χ3n) is 3.92. The van der Waals surface area contributed by atoms with Crippen molar-refractivity contribution in [2.75, 3.05) is 24.7 Å². The lowest BCUT2D eigenvalue weighted by atomic mass is 9.90. The van der Waals surface area contributed by atoms with E-state index in [9.17, 15) is 0 Å². The Morgan fingerprint density at radius 1 is 1.37 bits per heavy atom. The van der Waals surface area contributed by atoms with Gasteiger partial charge < -0.3 is 14.4 Å². The van der Waals surface area contributed by atoms with Gasteiger partial charge in [0.1, 0.15) is 0 Å². The molecule has 1 saturated heterocycles. The summed E-state index contributed by atoms with van der Waals surface area (Å²) in [5.74, 6) is 1.53. The van der Waals surface area contributed by atoms with Crippen LogP contribution in [-0.4, -0.2) is 41.9 Å². The van der Waals surface area contributed by atoms with Crippen LogP contribution >= 0.6 is 0 Å². The lowest BCUT2D eigenvalue weighted by Crippen LogP contribution is -2.53. The molecule has 5 heteroatoms. The standard InChI is InChI=1S/C14H21N3O2/c1-2-18-14-10-15-9-13(16-14)17-7-8-19-12-6-4-3-5-11(12)17/h9-12H,2-8H2,1H3/t11-,12+/m1/s1. The molecule has 1 aromatic rings. The van der Waals surface area contributed by atoms with Crippen LogP contribution in [0.3, 0.4) is 0 Å². The normalized spacial score (nSPS) is 26.9. The predicted octanol–water partition coefficient (Wildman–Crippen LogP) is 2.02. The minimum Gasteiger partial charge on any atom is -0.477 e. The van der Waals surface area contributed by atoms with Gasteiger partial charge in [0.25, 0.3) is 0 Å². The zero-order valence-corrected chi connectivity index (χ0v) is 11.4. The van der Waals surface area contributed by atoms with Crippen LogP contribution in [0, 0.1) is 0 Å². The maximum Gasteiger partial charge on any atom is 0.234 e. The molecule has 0 aromatic carbocycles. The molecule has 0 N–H and O–H groups in total. The van der Waals surface area contributed by atoms with Crippen molar-refractivity contribution in [2.45, 2.75) is 44.8 Å². The first kappa shape index (κ1) is 12.7. The molecule has 0 bridgehead atoms. The van der Waals surface area contributed by atoms with Gasteiger partial charge in [-0.2, -0.15) is 4.98 Å². The zero-order valence-electron chi connectivity index (χ0n) is 11.4. The number of hydrogen-bond acceptors (Lipinski definition) is 5. The second-order valence-corrected chi connectivity index (χ2v) is 5.10. The quantitative estimate of drug-likeness (QED) is 0.835. The monoisotopic (exact) mass is 263 g/mol. The molecule has 104 valence electrons. The van der Waals surface area contributed by atoms with E-state index in [1.807, 2.05) is 13.1 Å². The topological polar surface area (TPSA) is 47.5 Å². The number of fused-ring (bicyclic) bond motifs is 1. The highest BCUT2D eigenvalue weighted by atomic mass is 16.5. The van der Waals surface area contributed by atoms with Crippen molar-refractivity contribution in [3.63, 3.8) is 0 Å². The van der Waals surface area contributed by atoms with Gasteiger partial charge in [0.15, 0.2) is 5.82 Å². The van der Waals surface area contributed by atoms with Gasteiger partial charge in [-0.15, -0.1) is 0 Å². The Bertz CT molecular complexity index is 425. The summed E-state index contributed by atoms with van der Waals surface area (Å²) in [6, 6.07) is 0.452. The van der Waals surface area contributed by atoms with E-state index in [-0.39, 0.29) is 0 Å². The molecular weight excluding hydrogens is 242 g/mol. The lowest BCUT2D eigenvalue weighted by Gasteiger charge is -2.44. The molecule has 2 atom stereocenters. The highest BCUT2D eigenvalue weighted by Gasteiger charge is 2.35. The van der Waals surface area contributed by atoms with Crippen molar-refractivity contribution in [1.82, 2.24) is 9.97 Å². The Hall–Kier alpha value is -1.36. The Labute approximate surface area is 113 Å². The molecular formula is C14H21N3O2. The fourth-order valence-corrected chi connectivity index (χ4v) is 3.08. The number of rotatable bonds is 3. The predicted molar refractivity (Wildman–Crippen MR) is 72.5 cm³/mol. The molecule has 3 rings (SSSR count). The number of nitrogens with zero attached hydrogens (tertiary/aromatic N) is 3. The van der Waals surface area contributed by atoms with Gasteiger partial charge in [0, 0.05) is 6.54 Å². The summed E-state index contributed by atoms with van der Waals surface area (Å²) in [6.45, 7) is 4.25. The minimum atomic E-state index is 0.361. The van der Waals surface area contributed by atoms with E-state index in [4.69, 9.17) is 9.47 Å². The van der Waals surface area contributed by atoms with E-state index in [1.165, 1.54) is 25.7 Å². The first-order valence-corrected chi connectivity index (χ1v) is 7.21. The Balaban J connectivity index is 1.81. The zero-order chi connectivity index (χ0) is 13.1. The van der Waals surface area contributed by atoms with E-state index in [0.717, 1.165) is 19.0 Å². The van der Waals surface area contributed by atoms with Crippen molar-refractivity contribution < 1.29 is 9.47 Å².